The molecule has 2 nitrogen and oxygen atoms in total. The van der Waals surface area contributed by atoms with Crippen molar-refractivity contribution in [1.82, 2.24) is 9.78 Å². The molecule has 0 N–H and O–H groups in total. The van der Waals surface area contributed by atoms with Gasteiger partial charge in [0.15, 0.2) is 0 Å². The van der Waals surface area contributed by atoms with Crippen LogP contribution in [0.3, 0.4) is 0 Å². The van der Waals surface area contributed by atoms with Gasteiger partial charge in [-0.1, -0.05) is 6.92 Å². The number of aryl methyl sites for hydroxylation is 1. The van der Waals surface area contributed by atoms with E-state index in [-0.39, 0.29) is 5.82 Å². The molecule has 67 valence electrons. The third kappa shape index (κ3) is 1.41. The zero-order valence-electron chi connectivity index (χ0n) is 7.20. The fraction of sp³-hybridized carbons (Fsp3) is 0.200. The number of hydrogen-bond acceptors (Lipinski definition) is 1. The molecule has 0 unspecified atom stereocenters. The number of rotatable bonds is 2. The predicted molar refractivity (Wildman–Crippen MR) is 49.7 cm³/mol. The van der Waals surface area contributed by atoms with E-state index in [0.717, 1.165) is 23.9 Å². The quantitative estimate of drug-likeness (QED) is 0.688. The van der Waals surface area contributed by atoms with E-state index < -0.39 is 0 Å². The molecule has 1 radical (unpaired) electrons. The van der Waals surface area contributed by atoms with Crippen LogP contribution in [0.15, 0.2) is 24.4 Å². The Labute approximate surface area is 76.0 Å². The molecule has 1 aromatic carbocycles. The van der Waals surface area contributed by atoms with Crippen molar-refractivity contribution in [2.24, 2.45) is 0 Å². The van der Waals surface area contributed by atoms with Gasteiger partial charge in [0.25, 0.3) is 0 Å². The van der Waals surface area contributed by atoms with Gasteiger partial charge in [0.2, 0.25) is 0 Å². The van der Waals surface area contributed by atoms with Crippen molar-refractivity contribution >= 4 is 10.9 Å². The highest BCUT2D eigenvalue weighted by Crippen LogP contribution is 2.14. The highest BCUT2D eigenvalue weighted by molar-refractivity contribution is 5.78. The zero-order valence-corrected chi connectivity index (χ0v) is 7.20. The summed E-state index contributed by atoms with van der Waals surface area (Å²) in [7, 11) is 0. The van der Waals surface area contributed by atoms with E-state index in [1.54, 1.807) is 16.9 Å². The largest absolute Gasteiger partial charge is 0.265 e. The van der Waals surface area contributed by atoms with Crippen molar-refractivity contribution < 1.29 is 4.39 Å². The first-order chi connectivity index (χ1) is 6.31. The summed E-state index contributed by atoms with van der Waals surface area (Å²) in [6, 6.07) is 4.67. The number of fused-ring (bicyclic) bond motifs is 1. The Kier molecular flexibility index (Phi) is 2.00. The standard InChI is InChI=1S/C10H10FN2/c1-2-5-13-10-6-9(11)4-3-8(10)7-12-13/h3-4,6-7H,1-2,5H2. The van der Waals surface area contributed by atoms with E-state index in [0.29, 0.717) is 0 Å². The van der Waals surface area contributed by atoms with Crippen LogP contribution < -0.4 is 0 Å². The molecule has 0 saturated heterocycles. The summed E-state index contributed by atoms with van der Waals surface area (Å²) in [5.74, 6) is -0.224. The van der Waals surface area contributed by atoms with Gasteiger partial charge < -0.3 is 0 Å². The maximum atomic E-state index is 12.9. The maximum Gasteiger partial charge on any atom is 0.125 e. The van der Waals surface area contributed by atoms with Crippen LogP contribution in [-0.2, 0) is 6.54 Å². The Balaban J connectivity index is 2.58. The number of aromatic nitrogens is 2. The van der Waals surface area contributed by atoms with E-state index in [2.05, 4.69) is 12.0 Å². The van der Waals surface area contributed by atoms with E-state index >= 15 is 0 Å². The highest BCUT2D eigenvalue weighted by atomic mass is 19.1. The molecule has 0 saturated carbocycles. The molecule has 0 bridgehead atoms. The molecule has 0 aliphatic carbocycles. The molecule has 0 aliphatic rings. The zero-order chi connectivity index (χ0) is 9.26. The smallest absolute Gasteiger partial charge is 0.125 e. The third-order valence-corrected chi connectivity index (χ3v) is 1.98. The first-order valence-corrected chi connectivity index (χ1v) is 4.21. The second-order valence-electron chi connectivity index (χ2n) is 2.92. The van der Waals surface area contributed by atoms with Crippen molar-refractivity contribution in [3.8, 4) is 0 Å². The van der Waals surface area contributed by atoms with Gasteiger partial charge in [-0.25, -0.2) is 4.39 Å². The molecule has 0 atom stereocenters. The van der Waals surface area contributed by atoms with Crippen molar-refractivity contribution in [1.29, 1.82) is 0 Å². The van der Waals surface area contributed by atoms with Gasteiger partial charge in [-0.15, -0.1) is 0 Å². The predicted octanol–water partition coefficient (Wildman–Crippen LogP) is 2.40. The monoisotopic (exact) mass is 177 g/mol. The average molecular weight is 177 g/mol. The van der Waals surface area contributed by atoms with Gasteiger partial charge in [-0.2, -0.15) is 5.10 Å². The first kappa shape index (κ1) is 8.23. The van der Waals surface area contributed by atoms with Gasteiger partial charge in [0.1, 0.15) is 5.82 Å². The molecular formula is C10H10FN2. The van der Waals surface area contributed by atoms with E-state index in [1.165, 1.54) is 12.1 Å². The minimum absolute atomic E-state index is 0.224. The molecule has 0 aliphatic heterocycles. The topological polar surface area (TPSA) is 17.8 Å². The van der Waals surface area contributed by atoms with Crippen LogP contribution in [0.4, 0.5) is 4.39 Å². The normalized spacial score (nSPS) is 10.9. The Morgan fingerprint density at radius 3 is 3.08 bits per heavy atom. The fourth-order valence-corrected chi connectivity index (χ4v) is 1.37. The van der Waals surface area contributed by atoms with Crippen LogP contribution in [0.2, 0.25) is 0 Å². The van der Waals surface area contributed by atoms with Crippen molar-refractivity contribution in [3.63, 3.8) is 0 Å². The molecule has 0 spiro atoms. The lowest BCUT2D eigenvalue weighted by Crippen LogP contribution is -1.98. The van der Waals surface area contributed by atoms with Crippen molar-refractivity contribution in [3.05, 3.63) is 37.1 Å². The van der Waals surface area contributed by atoms with Crippen molar-refractivity contribution in [2.45, 2.75) is 13.0 Å². The number of benzene rings is 1. The second kappa shape index (κ2) is 3.17. The molecule has 0 amide bonds. The number of halogens is 1. The van der Waals surface area contributed by atoms with Crippen LogP contribution in [-0.4, -0.2) is 9.78 Å². The fourth-order valence-electron chi connectivity index (χ4n) is 1.37. The SMILES string of the molecule is [CH2]CCn1ncc2ccc(F)cc21. The van der Waals surface area contributed by atoms with Crippen LogP contribution in [0.25, 0.3) is 10.9 Å². The maximum absolute atomic E-state index is 12.9. The van der Waals surface area contributed by atoms with Crippen molar-refractivity contribution in [2.75, 3.05) is 0 Å². The lowest BCUT2D eigenvalue weighted by Gasteiger charge is -1.99. The highest BCUT2D eigenvalue weighted by Gasteiger charge is 2.01. The molecule has 13 heavy (non-hydrogen) atoms. The lowest BCUT2D eigenvalue weighted by atomic mass is 10.2. The van der Waals surface area contributed by atoms with Crippen LogP contribution in [0, 0.1) is 12.7 Å². The molecule has 3 heteroatoms. The molecule has 0 fully saturated rings. The molecule has 2 aromatic rings. The summed E-state index contributed by atoms with van der Waals surface area (Å²) in [5, 5.41) is 5.10. The summed E-state index contributed by atoms with van der Waals surface area (Å²) < 4.78 is 14.6. The Morgan fingerprint density at radius 1 is 1.46 bits per heavy atom. The van der Waals surface area contributed by atoms with Crippen LogP contribution >= 0.6 is 0 Å². The van der Waals surface area contributed by atoms with Gasteiger partial charge in [0, 0.05) is 11.9 Å². The Hall–Kier alpha value is -1.38. The molecule has 1 heterocycles. The second-order valence-corrected chi connectivity index (χ2v) is 2.92. The van der Waals surface area contributed by atoms with Crippen LogP contribution in [0.5, 0.6) is 0 Å². The summed E-state index contributed by atoms with van der Waals surface area (Å²) in [6.07, 6.45) is 2.50. The minimum atomic E-state index is -0.224. The van der Waals surface area contributed by atoms with Crippen LogP contribution in [0.1, 0.15) is 6.42 Å². The number of nitrogens with zero attached hydrogens (tertiary/aromatic N) is 2. The molecule has 1 aromatic heterocycles. The average Bonchev–Trinajstić information content (AvgIpc) is 2.49. The summed E-state index contributed by atoms with van der Waals surface area (Å²) in [6.45, 7) is 4.46. The van der Waals surface area contributed by atoms with Gasteiger partial charge in [0.05, 0.1) is 11.7 Å². The van der Waals surface area contributed by atoms with E-state index in [9.17, 15) is 4.39 Å². The summed E-state index contributed by atoms with van der Waals surface area (Å²) in [5.41, 5.74) is 0.837. The summed E-state index contributed by atoms with van der Waals surface area (Å²) >= 11 is 0. The van der Waals surface area contributed by atoms with Gasteiger partial charge >= 0.3 is 0 Å². The Bertz CT molecular complexity index is 420. The van der Waals surface area contributed by atoms with E-state index in [1.807, 2.05) is 0 Å². The molecule has 2 rings (SSSR count). The van der Waals surface area contributed by atoms with Gasteiger partial charge in [-0.3, -0.25) is 4.68 Å². The minimum Gasteiger partial charge on any atom is -0.265 e. The van der Waals surface area contributed by atoms with Gasteiger partial charge in [-0.05, 0) is 24.6 Å². The Morgan fingerprint density at radius 2 is 2.31 bits per heavy atom. The number of hydrogen-bond donors (Lipinski definition) is 0. The lowest BCUT2D eigenvalue weighted by molar-refractivity contribution is 0.620. The van der Waals surface area contributed by atoms with E-state index in [4.69, 9.17) is 0 Å². The first-order valence-electron chi connectivity index (χ1n) is 4.21. The summed E-state index contributed by atoms with van der Waals surface area (Å²) in [4.78, 5) is 0. The molecular weight excluding hydrogens is 167 g/mol. The third-order valence-electron chi connectivity index (χ3n) is 1.98.